The van der Waals surface area contributed by atoms with Crippen molar-refractivity contribution >= 4 is 11.2 Å². The zero-order valence-corrected chi connectivity index (χ0v) is 8.04. The van der Waals surface area contributed by atoms with E-state index in [1.165, 1.54) is 6.07 Å². The van der Waals surface area contributed by atoms with Gasteiger partial charge in [-0.2, -0.15) is 0 Å². The van der Waals surface area contributed by atoms with Crippen molar-refractivity contribution in [2.75, 3.05) is 5.75 Å². The van der Waals surface area contributed by atoms with E-state index in [9.17, 15) is 13.3 Å². The Balaban J connectivity index is 2.73. The Morgan fingerprint density at radius 1 is 1.31 bits per heavy atom. The Kier molecular flexibility index (Phi) is 3.69. The van der Waals surface area contributed by atoms with Gasteiger partial charge in [-0.05, 0) is 30.2 Å². The minimum atomic E-state index is -0.982. The monoisotopic (exact) mass is 204 g/mol. The van der Waals surface area contributed by atoms with Crippen molar-refractivity contribution in [2.24, 2.45) is 0 Å². The van der Waals surface area contributed by atoms with Crippen molar-refractivity contribution in [1.82, 2.24) is 0 Å². The molecule has 0 aliphatic heterocycles. The van der Waals surface area contributed by atoms with E-state index < -0.39 is 22.8 Å². The highest BCUT2D eigenvalue weighted by Gasteiger charge is 2.07. The van der Waals surface area contributed by atoms with Crippen LogP contribution in [-0.4, -0.2) is 10.3 Å². The molecule has 0 bridgehead atoms. The second-order valence-corrected chi connectivity index (χ2v) is 4.37. The lowest BCUT2D eigenvalue weighted by Gasteiger charge is -2.07. The van der Waals surface area contributed by atoms with Crippen LogP contribution in [0.4, 0.5) is 8.78 Å². The van der Waals surface area contributed by atoms with Gasteiger partial charge in [0.15, 0.2) is 11.6 Å². The maximum absolute atomic E-state index is 12.7. The molecule has 0 radical (unpaired) electrons. The zero-order valence-electron chi connectivity index (χ0n) is 7.22. The first-order valence-electron chi connectivity index (χ1n) is 3.92. The molecular weight excluding hydrogens is 194 g/mol. The number of rotatable bonds is 3. The topological polar surface area (TPSA) is 23.1 Å². The fourth-order valence-electron chi connectivity index (χ4n) is 0.917. The zero-order chi connectivity index (χ0) is 9.84. The first kappa shape index (κ1) is 10.5. The molecule has 1 atom stereocenters. The minimum Gasteiger partial charge on any atom is -0.616 e. The van der Waals surface area contributed by atoms with Crippen molar-refractivity contribution in [3.63, 3.8) is 0 Å². The van der Waals surface area contributed by atoms with E-state index in [0.29, 0.717) is 11.3 Å². The largest absolute Gasteiger partial charge is 0.616 e. The summed E-state index contributed by atoms with van der Waals surface area (Å²) in [6.45, 7) is 1.79. The summed E-state index contributed by atoms with van der Waals surface area (Å²) in [5, 5.41) is 0. The molecule has 0 saturated heterocycles. The number of benzene rings is 1. The van der Waals surface area contributed by atoms with Crippen molar-refractivity contribution in [1.29, 1.82) is 0 Å². The highest BCUT2D eigenvalue weighted by Crippen LogP contribution is 2.11. The SMILES string of the molecule is CC[S+]([O-])Cc1ccc(F)c(F)c1. The molecular formula is C9H10F2OS. The van der Waals surface area contributed by atoms with Gasteiger partial charge in [0.05, 0.1) is 0 Å². The first-order valence-corrected chi connectivity index (χ1v) is 5.41. The van der Waals surface area contributed by atoms with Crippen LogP contribution in [0.15, 0.2) is 18.2 Å². The molecule has 1 nitrogen and oxygen atoms in total. The third kappa shape index (κ3) is 2.97. The van der Waals surface area contributed by atoms with Crippen LogP contribution in [0, 0.1) is 11.6 Å². The van der Waals surface area contributed by atoms with Gasteiger partial charge in [0.1, 0.15) is 11.5 Å². The molecule has 0 saturated carbocycles. The van der Waals surface area contributed by atoms with E-state index in [0.717, 1.165) is 12.1 Å². The summed E-state index contributed by atoms with van der Waals surface area (Å²) in [6.07, 6.45) is 0. The van der Waals surface area contributed by atoms with E-state index in [2.05, 4.69) is 0 Å². The van der Waals surface area contributed by atoms with E-state index in [1.54, 1.807) is 6.92 Å². The quantitative estimate of drug-likeness (QED) is 0.692. The molecule has 0 aliphatic rings. The van der Waals surface area contributed by atoms with Crippen molar-refractivity contribution in [3.05, 3.63) is 35.4 Å². The summed E-state index contributed by atoms with van der Waals surface area (Å²) in [5.41, 5.74) is 0.569. The van der Waals surface area contributed by atoms with Gasteiger partial charge in [-0.25, -0.2) is 8.78 Å². The summed E-state index contributed by atoms with van der Waals surface area (Å²) in [7, 11) is 0. The van der Waals surface area contributed by atoms with Crippen LogP contribution in [0.25, 0.3) is 0 Å². The Labute approximate surface area is 79.0 Å². The lowest BCUT2D eigenvalue weighted by atomic mass is 10.2. The average Bonchev–Trinajstić information content (AvgIpc) is 2.11. The lowest BCUT2D eigenvalue weighted by Crippen LogP contribution is -2.06. The molecule has 0 spiro atoms. The maximum Gasteiger partial charge on any atom is 0.159 e. The average molecular weight is 204 g/mol. The molecule has 1 aromatic rings. The smallest absolute Gasteiger partial charge is 0.159 e. The Hall–Kier alpha value is -0.610. The molecule has 0 N–H and O–H groups in total. The lowest BCUT2D eigenvalue weighted by molar-refractivity contribution is 0.507. The van der Waals surface area contributed by atoms with Gasteiger partial charge in [-0.15, -0.1) is 0 Å². The predicted octanol–water partition coefficient (Wildman–Crippen LogP) is 2.23. The second-order valence-electron chi connectivity index (χ2n) is 2.62. The van der Waals surface area contributed by atoms with E-state index in [-0.39, 0.29) is 5.75 Å². The maximum atomic E-state index is 12.7. The van der Waals surface area contributed by atoms with Crippen LogP contribution in [0.2, 0.25) is 0 Å². The summed E-state index contributed by atoms with van der Waals surface area (Å²) in [4.78, 5) is 0. The molecule has 72 valence electrons. The molecule has 1 unspecified atom stereocenters. The standard InChI is InChI=1S/C9H10F2OS/c1-2-13(12)6-7-3-4-8(10)9(11)5-7/h3-5H,2,6H2,1H3. The van der Waals surface area contributed by atoms with Crippen molar-refractivity contribution in [2.45, 2.75) is 12.7 Å². The van der Waals surface area contributed by atoms with Crippen LogP contribution >= 0.6 is 0 Å². The normalized spacial score (nSPS) is 12.9. The third-order valence-electron chi connectivity index (χ3n) is 1.63. The molecule has 4 heteroatoms. The molecule has 0 aromatic heterocycles. The molecule has 0 amide bonds. The van der Waals surface area contributed by atoms with Gasteiger partial charge >= 0.3 is 0 Å². The first-order chi connectivity index (χ1) is 6.13. The number of hydrogen-bond acceptors (Lipinski definition) is 1. The highest BCUT2D eigenvalue weighted by molar-refractivity contribution is 7.90. The third-order valence-corrected chi connectivity index (χ3v) is 2.93. The molecule has 1 aromatic carbocycles. The van der Waals surface area contributed by atoms with Gasteiger partial charge in [-0.3, -0.25) is 0 Å². The van der Waals surface area contributed by atoms with Crippen molar-refractivity contribution < 1.29 is 13.3 Å². The summed E-state index contributed by atoms with van der Waals surface area (Å²) in [5.74, 6) is -0.941. The Morgan fingerprint density at radius 2 is 2.00 bits per heavy atom. The van der Waals surface area contributed by atoms with Crippen LogP contribution in [-0.2, 0) is 16.9 Å². The highest BCUT2D eigenvalue weighted by atomic mass is 32.2. The van der Waals surface area contributed by atoms with Gasteiger partial charge in [0.25, 0.3) is 0 Å². The van der Waals surface area contributed by atoms with E-state index in [1.807, 2.05) is 0 Å². The van der Waals surface area contributed by atoms with Gasteiger partial charge in [0.2, 0.25) is 0 Å². The number of hydrogen-bond donors (Lipinski definition) is 0. The van der Waals surface area contributed by atoms with Gasteiger partial charge in [0, 0.05) is 5.56 Å². The molecule has 0 aliphatic carbocycles. The fourth-order valence-corrected chi connectivity index (χ4v) is 1.67. The molecule has 0 fully saturated rings. The van der Waals surface area contributed by atoms with Crippen LogP contribution in [0.3, 0.4) is 0 Å². The summed E-state index contributed by atoms with van der Waals surface area (Å²) in [6, 6.07) is 3.59. The van der Waals surface area contributed by atoms with Gasteiger partial charge < -0.3 is 4.55 Å². The van der Waals surface area contributed by atoms with Crippen LogP contribution in [0.1, 0.15) is 12.5 Å². The summed E-state index contributed by atoms with van der Waals surface area (Å²) < 4.78 is 36.2. The Morgan fingerprint density at radius 3 is 2.54 bits per heavy atom. The van der Waals surface area contributed by atoms with Crippen molar-refractivity contribution in [3.8, 4) is 0 Å². The summed E-state index contributed by atoms with van der Waals surface area (Å²) >= 11 is -0.982. The van der Waals surface area contributed by atoms with E-state index in [4.69, 9.17) is 0 Å². The minimum absolute atomic E-state index is 0.285. The van der Waals surface area contributed by atoms with Crippen LogP contribution in [0.5, 0.6) is 0 Å². The van der Waals surface area contributed by atoms with Crippen LogP contribution < -0.4 is 0 Å². The van der Waals surface area contributed by atoms with Gasteiger partial charge in [-0.1, -0.05) is 6.07 Å². The van der Waals surface area contributed by atoms with E-state index >= 15 is 0 Å². The number of halogens is 2. The second kappa shape index (κ2) is 4.58. The predicted molar refractivity (Wildman–Crippen MR) is 48.7 cm³/mol. The molecule has 0 heterocycles. The fraction of sp³-hybridized carbons (Fsp3) is 0.333. The Bertz CT molecular complexity index is 291. The molecule has 13 heavy (non-hydrogen) atoms. The molecule has 1 rings (SSSR count).